The van der Waals surface area contributed by atoms with Crippen molar-refractivity contribution in [3.63, 3.8) is 0 Å². The number of hydrogen-bond acceptors (Lipinski definition) is 10. The van der Waals surface area contributed by atoms with Crippen LogP contribution in [0.2, 0.25) is 0 Å². The predicted octanol–water partition coefficient (Wildman–Crippen LogP) is 2.82. The maximum Gasteiger partial charge on any atom is 0.237 e. The molecule has 0 aromatic carbocycles. The van der Waals surface area contributed by atoms with Gasteiger partial charge in [-0.15, -0.1) is 11.3 Å². The molecule has 5 rings (SSSR count). The van der Waals surface area contributed by atoms with Crippen molar-refractivity contribution in [1.82, 2.24) is 25.0 Å². The smallest absolute Gasteiger partial charge is 0.237 e. The van der Waals surface area contributed by atoms with Gasteiger partial charge in [0.05, 0.1) is 11.0 Å². The van der Waals surface area contributed by atoms with Crippen molar-refractivity contribution < 1.29 is 4.52 Å². The zero-order valence-corrected chi connectivity index (χ0v) is 19.3. The number of nitrogens with zero attached hydrogens (tertiary/aromatic N) is 7. The highest BCUT2D eigenvalue weighted by atomic mass is 32.1. The minimum Gasteiger partial charge on any atom is -0.389 e. The van der Waals surface area contributed by atoms with E-state index in [1.165, 1.54) is 11.3 Å². The van der Waals surface area contributed by atoms with Gasteiger partial charge in [0.2, 0.25) is 17.7 Å². The molecule has 0 amide bonds. The summed E-state index contributed by atoms with van der Waals surface area (Å²) in [6, 6.07) is 4.40. The fraction of sp³-hybridized carbons (Fsp3) is 0.500. The molecule has 1 saturated heterocycles. The number of likely N-dealkylation sites (N-methyl/N-ethyl adjacent to an activating group) is 1. The van der Waals surface area contributed by atoms with E-state index in [1.807, 2.05) is 0 Å². The molecule has 32 heavy (non-hydrogen) atoms. The molecular formula is C22H26N8OS. The molecule has 3 aromatic heterocycles. The van der Waals surface area contributed by atoms with Crippen LogP contribution in [0.3, 0.4) is 0 Å². The molecule has 3 aromatic rings. The minimum absolute atomic E-state index is 0.317. The minimum atomic E-state index is -0.542. The van der Waals surface area contributed by atoms with Crippen LogP contribution in [0.1, 0.15) is 48.6 Å². The molecule has 0 saturated carbocycles. The molecular weight excluding hydrogens is 424 g/mol. The molecule has 1 aliphatic carbocycles. The number of piperazine rings is 1. The Morgan fingerprint density at radius 1 is 1.34 bits per heavy atom. The summed E-state index contributed by atoms with van der Waals surface area (Å²) in [4.78, 5) is 19.6. The quantitative estimate of drug-likeness (QED) is 0.642. The molecule has 4 heterocycles. The van der Waals surface area contributed by atoms with E-state index in [2.05, 4.69) is 46.9 Å². The van der Waals surface area contributed by atoms with Crippen molar-refractivity contribution in [2.75, 3.05) is 37.3 Å². The molecule has 0 spiro atoms. The number of fused-ring (bicyclic) bond motifs is 1. The number of nitrogen functional groups attached to an aromatic ring is 1. The summed E-state index contributed by atoms with van der Waals surface area (Å²) in [5, 5.41) is 14.5. The molecule has 2 aliphatic rings. The van der Waals surface area contributed by atoms with Crippen molar-refractivity contribution in [3.8, 4) is 17.6 Å². The van der Waals surface area contributed by atoms with Gasteiger partial charge < -0.3 is 20.1 Å². The fourth-order valence-corrected chi connectivity index (χ4v) is 6.10. The van der Waals surface area contributed by atoms with Crippen LogP contribution in [-0.4, -0.2) is 57.7 Å². The van der Waals surface area contributed by atoms with Crippen LogP contribution in [0.4, 0.5) is 10.9 Å². The lowest BCUT2D eigenvalue weighted by molar-refractivity contribution is 0.273. The van der Waals surface area contributed by atoms with Gasteiger partial charge in [-0.25, -0.2) is 9.97 Å². The van der Waals surface area contributed by atoms with Gasteiger partial charge in [-0.1, -0.05) is 5.16 Å². The molecule has 1 aliphatic heterocycles. The lowest BCUT2D eigenvalue weighted by atomic mass is 9.72. The van der Waals surface area contributed by atoms with E-state index in [-0.39, 0.29) is 0 Å². The molecule has 0 unspecified atom stereocenters. The van der Waals surface area contributed by atoms with Crippen molar-refractivity contribution in [3.05, 3.63) is 34.2 Å². The van der Waals surface area contributed by atoms with E-state index >= 15 is 0 Å². The first-order valence-corrected chi connectivity index (χ1v) is 11.7. The van der Waals surface area contributed by atoms with Crippen LogP contribution < -0.4 is 10.6 Å². The summed E-state index contributed by atoms with van der Waals surface area (Å²) in [5.74, 6) is 1.61. The summed E-state index contributed by atoms with van der Waals surface area (Å²) < 4.78 is 5.76. The van der Waals surface area contributed by atoms with E-state index in [0.717, 1.165) is 49.3 Å². The van der Waals surface area contributed by atoms with Crippen LogP contribution in [0, 0.1) is 11.3 Å². The lowest BCUT2D eigenvalue weighted by Gasteiger charge is -2.38. The standard InChI is InChI=1S/C22H26N8OS/c1-13-12-29(3)9-10-30(13)21-25-8-6-15(26-21)19-27-20(31-28-19)22(2)7-4-5-16-17(22)14(11-23)18(24)32-16/h6,8,13H,4-5,7,9-10,12,24H2,1-3H3/t13-,22-/m0/s1. The number of hydrogen-bond donors (Lipinski definition) is 1. The van der Waals surface area contributed by atoms with Crippen molar-refractivity contribution in [2.45, 2.75) is 44.6 Å². The Morgan fingerprint density at radius 3 is 2.97 bits per heavy atom. The first-order valence-electron chi connectivity index (χ1n) is 10.8. The lowest BCUT2D eigenvalue weighted by Crippen LogP contribution is -2.51. The largest absolute Gasteiger partial charge is 0.389 e. The Labute approximate surface area is 190 Å². The molecule has 1 fully saturated rings. The normalized spacial score (nSPS) is 23.7. The van der Waals surface area contributed by atoms with Crippen LogP contribution in [0.15, 0.2) is 16.8 Å². The van der Waals surface area contributed by atoms with Crippen molar-refractivity contribution in [1.29, 1.82) is 5.26 Å². The maximum absolute atomic E-state index is 9.70. The van der Waals surface area contributed by atoms with Gasteiger partial charge in [0.25, 0.3) is 0 Å². The SMILES string of the molecule is C[C@H]1CN(C)CCN1c1nccc(-c2noc([C@@]3(C)CCCc4sc(N)c(C#N)c43)n2)n1. The predicted molar refractivity (Wildman–Crippen MR) is 122 cm³/mol. The Bertz CT molecular complexity index is 1200. The summed E-state index contributed by atoms with van der Waals surface area (Å²) in [6.45, 7) is 7.04. The molecule has 0 radical (unpaired) electrons. The zero-order valence-electron chi connectivity index (χ0n) is 18.5. The highest BCUT2D eigenvalue weighted by Gasteiger charge is 2.43. The van der Waals surface area contributed by atoms with Gasteiger partial charge in [-0.2, -0.15) is 10.2 Å². The van der Waals surface area contributed by atoms with Gasteiger partial charge in [-0.05, 0) is 46.2 Å². The van der Waals surface area contributed by atoms with E-state index in [1.54, 1.807) is 12.3 Å². The molecule has 0 bridgehead atoms. The molecule has 166 valence electrons. The third-order valence-corrected chi connectivity index (χ3v) is 7.69. The molecule has 2 atom stereocenters. The van der Waals surface area contributed by atoms with Gasteiger partial charge in [0.15, 0.2) is 0 Å². The Balaban J connectivity index is 1.49. The topological polar surface area (TPSA) is 121 Å². The fourth-order valence-electron chi connectivity index (χ4n) is 4.91. The highest BCUT2D eigenvalue weighted by molar-refractivity contribution is 7.16. The second-order valence-electron chi connectivity index (χ2n) is 8.91. The summed E-state index contributed by atoms with van der Waals surface area (Å²) in [6.07, 6.45) is 4.46. The summed E-state index contributed by atoms with van der Waals surface area (Å²) >= 11 is 1.50. The third kappa shape index (κ3) is 3.32. The highest BCUT2D eigenvalue weighted by Crippen LogP contribution is 2.48. The van der Waals surface area contributed by atoms with Crippen LogP contribution in [0.25, 0.3) is 11.5 Å². The van der Waals surface area contributed by atoms with Gasteiger partial charge in [0, 0.05) is 42.3 Å². The molecule has 2 N–H and O–H groups in total. The number of nitrogens with two attached hydrogens (primary N) is 1. The summed E-state index contributed by atoms with van der Waals surface area (Å²) in [7, 11) is 2.13. The van der Waals surface area contributed by atoms with E-state index in [4.69, 9.17) is 20.2 Å². The van der Waals surface area contributed by atoms with Crippen molar-refractivity contribution >= 4 is 22.3 Å². The molecule has 9 nitrogen and oxygen atoms in total. The van der Waals surface area contributed by atoms with Gasteiger partial charge in [-0.3, -0.25) is 0 Å². The Hall–Kier alpha value is -3.03. The van der Waals surface area contributed by atoms with E-state index < -0.39 is 5.41 Å². The van der Waals surface area contributed by atoms with Crippen LogP contribution >= 0.6 is 11.3 Å². The van der Waals surface area contributed by atoms with E-state index in [9.17, 15) is 5.26 Å². The monoisotopic (exact) mass is 450 g/mol. The first-order chi connectivity index (χ1) is 15.4. The number of anilines is 2. The van der Waals surface area contributed by atoms with Gasteiger partial charge in [0.1, 0.15) is 16.8 Å². The average molecular weight is 451 g/mol. The second kappa shape index (κ2) is 7.83. The zero-order chi connectivity index (χ0) is 22.5. The number of thiophene rings is 1. The number of aromatic nitrogens is 4. The second-order valence-corrected chi connectivity index (χ2v) is 10.0. The maximum atomic E-state index is 9.70. The van der Waals surface area contributed by atoms with Gasteiger partial charge >= 0.3 is 0 Å². The van der Waals surface area contributed by atoms with Crippen molar-refractivity contribution in [2.24, 2.45) is 0 Å². The Kier molecular flexibility index (Phi) is 5.10. The Morgan fingerprint density at radius 2 is 2.19 bits per heavy atom. The van der Waals surface area contributed by atoms with Crippen LogP contribution in [0.5, 0.6) is 0 Å². The van der Waals surface area contributed by atoms with Crippen LogP contribution in [-0.2, 0) is 11.8 Å². The number of rotatable bonds is 3. The number of aryl methyl sites for hydroxylation is 1. The summed E-state index contributed by atoms with van der Waals surface area (Å²) in [5.41, 5.74) is 7.71. The third-order valence-electron chi connectivity index (χ3n) is 6.61. The average Bonchev–Trinajstić information content (AvgIpc) is 3.39. The number of nitriles is 1. The van der Waals surface area contributed by atoms with E-state index in [0.29, 0.717) is 40.0 Å². The molecule has 10 heteroatoms. The first kappa shape index (κ1) is 20.8.